The Balaban J connectivity index is 2.07. The molecule has 2 fully saturated rings. The predicted molar refractivity (Wildman–Crippen MR) is 66.9 cm³/mol. The smallest absolute Gasteiger partial charge is 0.303 e. The van der Waals surface area contributed by atoms with E-state index in [1.807, 2.05) is 0 Å². The van der Waals surface area contributed by atoms with Gasteiger partial charge in [0.05, 0.1) is 0 Å². The zero-order valence-corrected chi connectivity index (χ0v) is 12.4. The van der Waals surface area contributed by atoms with Crippen molar-refractivity contribution < 1.29 is 38.4 Å². The van der Waals surface area contributed by atoms with E-state index in [1.54, 1.807) is 13.8 Å². The van der Waals surface area contributed by atoms with Crippen LogP contribution in [0.3, 0.4) is 0 Å². The van der Waals surface area contributed by atoms with E-state index >= 15 is 0 Å². The Bertz CT molecular complexity index is 420. The van der Waals surface area contributed by atoms with Crippen molar-refractivity contribution >= 4 is 11.9 Å². The van der Waals surface area contributed by atoms with Crippen molar-refractivity contribution in [1.29, 1.82) is 0 Å². The first-order chi connectivity index (χ1) is 9.69. The standard InChI is InChI=1S/C13H20O8/c1-6(14)17-5-8(16)9-10(18-7(2)15)11-12(19-9)21-13(3,4)20-11/h8-12,16H,5H2,1-4H3/t8-,9-,10+,11-,12+/m0/s1. The number of esters is 2. The molecule has 0 amide bonds. The fourth-order valence-corrected chi connectivity index (χ4v) is 2.44. The third kappa shape index (κ3) is 3.70. The zero-order valence-electron chi connectivity index (χ0n) is 12.4. The molecule has 2 aliphatic rings. The Morgan fingerprint density at radius 1 is 1.24 bits per heavy atom. The summed E-state index contributed by atoms with van der Waals surface area (Å²) in [5.41, 5.74) is 0. The normalized spacial score (nSPS) is 35.1. The molecule has 1 N–H and O–H groups in total. The number of aliphatic hydroxyl groups excluding tert-OH is 1. The van der Waals surface area contributed by atoms with Gasteiger partial charge in [0.2, 0.25) is 0 Å². The van der Waals surface area contributed by atoms with E-state index in [9.17, 15) is 14.7 Å². The number of carbonyl (C=O) groups excluding carboxylic acids is 2. The van der Waals surface area contributed by atoms with E-state index < -0.39 is 48.4 Å². The van der Waals surface area contributed by atoms with Gasteiger partial charge in [-0.2, -0.15) is 0 Å². The summed E-state index contributed by atoms with van der Waals surface area (Å²) in [4.78, 5) is 22.0. The van der Waals surface area contributed by atoms with Crippen LogP contribution in [-0.2, 0) is 33.3 Å². The second kappa shape index (κ2) is 5.88. The van der Waals surface area contributed by atoms with Crippen LogP contribution in [0.5, 0.6) is 0 Å². The maximum Gasteiger partial charge on any atom is 0.303 e. The number of hydrogen-bond donors (Lipinski definition) is 1. The number of rotatable bonds is 4. The molecule has 0 aromatic rings. The van der Waals surface area contributed by atoms with E-state index in [0.29, 0.717) is 0 Å². The quantitative estimate of drug-likeness (QED) is 0.708. The number of carbonyl (C=O) groups is 2. The molecule has 5 atom stereocenters. The largest absolute Gasteiger partial charge is 0.463 e. The summed E-state index contributed by atoms with van der Waals surface area (Å²) in [6.07, 6.45) is -4.26. The third-order valence-electron chi connectivity index (χ3n) is 3.17. The van der Waals surface area contributed by atoms with Gasteiger partial charge in [0, 0.05) is 13.8 Å². The minimum Gasteiger partial charge on any atom is -0.463 e. The molecule has 120 valence electrons. The molecule has 0 aromatic carbocycles. The van der Waals surface area contributed by atoms with Gasteiger partial charge in [0.1, 0.15) is 18.8 Å². The van der Waals surface area contributed by atoms with Gasteiger partial charge in [-0.3, -0.25) is 9.59 Å². The molecule has 2 aliphatic heterocycles. The highest BCUT2D eigenvalue weighted by molar-refractivity contribution is 5.66. The Morgan fingerprint density at radius 3 is 2.48 bits per heavy atom. The van der Waals surface area contributed by atoms with Crippen LogP contribution in [-0.4, -0.2) is 60.1 Å². The molecule has 0 spiro atoms. The number of aliphatic hydroxyl groups is 1. The second-order valence-electron chi connectivity index (χ2n) is 5.51. The maximum atomic E-state index is 11.2. The highest BCUT2D eigenvalue weighted by Crippen LogP contribution is 2.39. The minimum atomic E-state index is -1.15. The Labute approximate surface area is 122 Å². The lowest BCUT2D eigenvalue weighted by atomic mass is 10.1. The summed E-state index contributed by atoms with van der Waals surface area (Å²) < 4.78 is 26.7. The Morgan fingerprint density at radius 2 is 1.90 bits per heavy atom. The Kier molecular flexibility index (Phi) is 4.52. The van der Waals surface area contributed by atoms with Gasteiger partial charge in [0.25, 0.3) is 0 Å². The summed E-state index contributed by atoms with van der Waals surface area (Å²) in [5.74, 6) is -1.91. The molecule has 8 nitrogen and oxygen atoms in total. The highest BCUT2D eigenvalue weighted by atomic mass is 16.8. The molecule has 0 aromatic heterocycles. The van der Waals surface area contributed by atoms with Gasteiger partial charge in [-0.15, -0.1) is 0 Å². The molecule has 0 aliphatic carbocycles. The monoisotopic (exact) mass is 304 g/mol. The lowest BCUT2D eigenvalue weighted by Crippen LogP contribution is -2.45. The van der Waals surface area contributed by atoms with Gasteiger partial charge >= 0.3 is 11.9 Å². The van der Waals surface area contributed by atoms with E-state index in [-0.39, 0.29) is 6.61 Å². The minimum absolute atomic E-state index is 0.263. The van der Waals surface area contributed by atoms with Crippen molar-refractivity contribution in [2.24, 2.45) is 0 Å². The van der Waals surface area contributed by atoms with Crippen LogP contribution < -0.4 is 0 Å². The van der Waals surface area contributed by atoms with Gasteiger partial charge in [-0.05, 0) is 13.8 Å². The molecule has 0 unspecified atom stereocenters. The molecule has 0 radical (unpaired) electrons. The first-order valence-corrected chi connectivity index (χ1v) is 6.69. The van der Waals surface area contributed by atoms with E-state index in [4.69, 9.17) is 23.7 Å². The average Bonchev–Trinajstić information content (AvgIpc) is 2.79. The number of fused-ring (bicyclic) bond motifs is 1. The van der Waals surface area contributed by atoms with Crippen LogP contribution in [0.4, 0.5) is 0 Å². The first kappa shape index (κ1) is 16.2. The van der Waals surface area contributed by atoms with Crippen molar-refractivity contribution in [2.75, 3.05) is 6.61 Å². The van der Waals surface area contributed by atoms with Crippen LogP contribution in [0.25, 0.3) is 0 Å². The van der Waals surface area contributed by atoms with E-state index in [1.165, 1.54) is 13.8 Å². The van der Waals surface area contributed by atoms with Crippen molar-refractivity contribution in [3.8, 4) is 0 Å². The predicted octanol–water partition coefficient (Wildman–Crippen LogP) is -0.282. The summed E-state index contributed by atoms with van der Waals surface area (Å²) >= 11 is 0. The van der Waals surface area contributed by atoms with E-state index in [0.717, 1.165) is 0 Å². The van der Waals surface area contributed by atoms with Gasteiger partial charge in [-0.1, -0.05) is 0 Å². The van der Waals surface area contributed by atoms with Crippen LogP contribution in [0.2, 0.25) is 0 Å². The third-order valence-corrected chi connectivity index (χ3v) is 3.17. The van der Waals surface area contributed by atoms with Crippen molar-refractivity contribution in [3.63, 3.8) is 0 Å². The Hall–Kier alpha value is -1.22. The summed E-state index contributed by atoms with van der Waals surface area (Å²) in [6, 6.07) is 0. The lowest BCUT2D eigenvalue weighted by molar-refractivity contribution is -0.231. The summed E-state index contributed by atoms with van der Waals surface area (Å²) in [7, 11) is 0. The molecular weight excluding hydrogens is 284 g/mol. The first-order valence-electron chi connectivity index (χ1n) is 6.69. The number of ether oxygens (including phenoxy) is 5. The van der Waals surface area contributed by atoms with Gasteiger partial charge in [-0.25, -0.2) is 0 Å². The molecule has 0 bridgehead atoms. The van der Waals surface area contributed by atoms with Crippen LogP contribution in [0, 0.1) is 0 Å². The fourth-order valence-electron chi connectivity index (χ4n) is 2.44. The topological polar surface area (TPSA) is 101 Å². The van der Waals surface area contributed by atoms with Crippen LogP contribution >= 0.6 is 0 Å². The maximum absolute atomic E-state index is 11.2. The highest BCUT2D eigenvalue weighted by Gasteiger charge is 2.58. The molecule has 21 heavy (non-hydrogen) atoms. The molecule has 2 saturated heterocycles. The summed E-state index contributed by atoms with van der Waals surface area (Å²) in [6.45, 7) is 5.65. The number of hydrogen-bond acceptors (Lipinski definition) is 8. The van der Waals surface area contributed by atoms with Crippen molar-refractivity contribution in [2.45, 2.75) is 64.2 Å². The molecule has 0 saturated carbocycles. The fraction of sp³-hybridized carbons (Fsp3) is 0.846. The zero-order chi connectivity index (χ0) is 15.8. The molecule has 8 heteroatoms. The summed E-state index contributed by atoms with van der Waals surface area (Å²) in [5, 5.41) is 10.1. The molecule has 2 heterocycles. The molecular formula is C13H20O8. The SMILES string of the molecule is CC(=O)OC[C@H](O)[C@@H]1O[C@@H]2OC(C)(C)O[C@H]2[C@@H]1OC(C)=O. The van der Waals surface area contributed by atoms with Crippen molar-refractivity contribution in [3.05, 3.63) is 0 Å². The van der Waals surface area contributed by atoms with Crippen molar-refractivity contribution in [1.82, 2.24) is 0 Å². The molecule has 2 rings (SSSR count). The van der Waals surface area contributed by atoms with Crippen LogP contribution in [0.15, 0.2) is 0 Å². The van der Waals surface area contributed by atoms with Gasteiger partial charge in [0.15, 0.2) is 24.3 Å². The second-order valence-corrected chi connectivity index (χ2v) is 5.51. The van der Waals surface area contributed by atoms with E-state index in [2.05, 4.69) is 0 Å². The van der Waals surface area contributed by atoms with Crippen LogP contribution in [0.1, 0.15) is 27.7 Å². The lowest BCUT2D eigenvalue weighted by Gasteiger charge is -2.27. The van der Waals surface area contributed by atoms with Gasteiger partial charge < -0.3 is 28.8 Å². The average molecular weight is 304 g/mol.